The molecule has 0 aliphatic carbocycles. The van der Waals surface area contributed by atoms with E-state index in [-0.39, 0.29) is 11.6 Å². The van der Waals surface area contributed by atoms with E-state index < -0.39 is 11.9 Å². The largest absolute Gasteiger partial charge is 0.350 e. The number of amides is 2. The highest BCUT2D eigenvalue weighted by Gasteiger charge is 2.21. The van der Waals surface area contributed by atoms with E-state index in [2.05, 4.69) is 20.8 Å². The third kappa shape index (κ3) is 4.87. The SMILES string of the molecule is Cc1ccc(-n2nc(C)c(C(=O)NC(C)C(=O)NCc3ccccc3)n2)c(C)c1. The smallest absolute Gasteiger partial charge is 0.274 e. The van der Waals surface area contributed by atoms with Gasteiger partial charge in [-0.25, -0.2) is 0 Å². The standard InChI is InChI=1S/C22H25N5O2/c1-14-10-11-19(15(2)12-14)27-25-16(3)20(26-27)22(29)24-17(4)21(28)23-13-18-8-6-5-7-9-18/h5-12,17H,13H2,1-4H3,(H,23,28)(H,24,29). The highest BCUT2D eigenvalue weighted by atomic mass is 16.2. The van der Waals surface area contributed by atoms with Crippen molar-refractivity contribution in [3.05, 3.63) is 76.6 Å². The first-order valence-corrected chi connectivity index (χ1v) is 9.49. The van der Waals surface area contributed by atoms with Crippen LogP contribution < -0.4 is 10.6 Å². The van der Waals surface area contributed by atoms with Gasteiger partial charge in [0.05, 0.1) is 11.4 Å². The molecule has 0 spiro atoms. The maximum atomic E-state index is 12.6. The molecule has 0 radical (unpaired) electrons. The van der Waals surface area contributed by atoms with Crippen LogP contribution in [0.15, 0.2) is 48.5 Å². The van der Waals surface area contributed by atoms with Crippen molar-refractivity contribution in [1.29, 1.82) is 0 Å². The number of carbonyl (C=O) groups excluding carboxylic acids is 2. The van der Waals surface area contributed by atoms with E-state index in [1.807, 2.05) is 62.4 Å². The molecule has 0 fully saturated rings. The summed E-state index contributed by atoms with van der Waals surface area (Å²) in [5.74, 6) is -0.692. The molecule has 0 saturated carbocycles. The molecule has 2 N–H and O–H groups in total. The molecule has 1 atom stereocenters. The highest BCUT2D eigenvalue weighted by Crippen LogP contribution is 2.15. The van der Waals surface area contributed by atoms with Gasteiger partial charge < -0.3 is 10.6 Å². The topological polar surface area (TPSA) is 88.9 Å². The Kier molecular flexibility index (Phi) is 6.07. The molecule has 0 aliphatic heterocycles. The summed E-state index contributed by atoms with van der Waals surface area (Å²) >= 11 is 0. The zero-order valence-electron chi connectivity index (χ0n) is 17.1. The maximum Gasteiger partial charge on any atom is 0.274 e. The molecule has 150 valence electrons. The van der Waals surface area contributed by atoms with Crippen LogP contribution in [0.2, 0.25) is 0 Å². The number of benzene rings is 2. The molecule has 2 aromatic carbocycles. The number of rotatable bonds is 6. The first-order valence-electron chi connectivity index (χ1n) is 9.49. The van der Waals surface area contributed by atoms with Crippen molar-refractivity contribution in [2.24, 2.45) is 0 Å². The molecule has 3 aromatic rings. The fourth-order valence-corrected chi connectivity index (χ4v) is 2.99. The number of aromatic nitrogens is 3. The normalized spacial score (nSPS) is 11.7. The summed E-state index contributed by atoms with van der Waals surface area (Å²) in [6.45, 7) is 7.76. The van der Waals surface area contributed by atoms with Crippen LogP contribution in [-0.2, 0) is 11.3 Å². The van der Waals surface area contributed by atoms with Crippen LogP contribution in [0.5, 0.6) is 0 Å². The zero-order valence-corrected chi connectivity index (χ0v) is 17.1. The molecule has 0 aliphatic rings. The van der Waals surface area contributed by atoms with Gasteiger partial charge in [-0.15, -0.1) is 5.10 Å². The fourth-order valence-electron chi connectivity index (χ4n) is 2.99. The van der Waals surface area contributed by atoms with E-state index in [1.54, 1.807) is 13.8 Å². The van der Waals surface area contributed by atoms with E-state index in [1.165, 1.54) is 4.80 Å². The second-order valence-electron chi connectivity index (χ2n) is 7.11. The van der Waals surface area contributed by atoms with Crippen molar-refractivity contribution in [2.75, 3.05) is 0 Å². The van der Waals surface area contributed by atoms with E-state index >= 15 is 0 Å². The molecule has 1 heterocycles. The van der Waals surface area contributed by atoms with E-state index in [0.29, 0.717) is 12.2 Å². The van der Waals surface area contributed by atoms with Crippen molar-refractivity contribution in [2.45, 2.75) is 40.3 Å². The van der Waals surface area contributed by atoms with Crippen molar-refractivity contribution >= 4 is 11.8 Å². The fraction of sp³-hybridized carbons (Fsp3) is 0.273. The number of hydrogen-bond acceptors (Lipinski definition) is 4. The van der Waals surface area contributed by atoms with Gasteiger partial charge in [-0.05, 0) is 44.9 Å². The summed E-state index contributed by atoms with van der Waals surface area (Å²) in [4.78, 5) is 26.4. The number of nitrogens with zero attached hydrogens (tertiary/aromatic N) is 3. The molecule has 7 heteroatoms. The van der Waals surface area contributed by atoms with Gasteiger partial charge in [-0.2, -0.15) is 9.90 Å². The van der Waals surface area contributed by atoms with Gasteiger partial charge in [0.15, 0.2) is 5.69 Å². The summed E-state index contributed by atoms with van der Waals surface area (Å²) in [7, 11) is 0. The van der Waals surface area contributed by atoms with Crippen LogP contribution in [0.1, 0.15) is 39.8 Å². The van der Waals surface area contributed by atoms with Crippen LogP contribution >= 0.6 is 0 Å². The van der Waals surface area contributed by atoms with Crippen LogP contribution in [0.25, 0.3) is 5.69 Å². The van der Waals surface area contributed by atoms with Gasteiger partial charge in [0.1, 0.15) is 6.04 Å². The summed E-state index contributed by atoms with van der Waals surface area (Å²) in [5.41, 5.74) is 4.66. The van der Waals surface area contributed by atoms with E-state index in [0.717, 1.165) is 22.4 Å². The molecule has 29 heavy (non-hydrogen) atoms. The minimum atomic E-state index is -0.697. The van der Waals surface area contributed by atoms with Crippen molar-refractivity contribution < 1.29 is 9.59 Å². The highest BCUT2D eigenvalue weighted by molar-refractivity contribution is 5.96. The Labute approximate surface area is 170 Å². The Morgan fingerprint density at radius 3 is 2.45 bits per heavy atom. The number of aryl methyl sites for hydroxylation is 3. The Bertz CT molecular complexity index is 1030. The number of nitrogens with one attached hydrogen (secondary N) is 2. The first-order chi connectivity index (χ1) is 13.8. The average Bonchev–Trinajstić information content (AvgIpc) is 3.08. The first kappa shape index (κ1) is 20.3. The van der Waals surface area contributed by atoms with Crippen molar-refractivity contribution in [1.82, 2.24) is 25.6 Å². The maximum absolute atomic E-state index is 12.6. The molecular weight excluding hydrogens is 366 g/mol. The van der Waals surface area contributed by atoms with Crippen LogP contribution in [0.3, 0.4) is 0 Å². The predicted molar refractivity (Wildman–Crippen MR) is 111 cm³/mol. The molecular formula is C22H25N5O2. The predicted octanol–water partition coefficient (Wildman–Crippen LogP) is 2.63. The molecule has 1 unspecified atom stereocenters. The van der Waals surface area contributed by atoms with E-state index in [4.69, 9.17) is 0 Å². The molecule has 1 aromatic heterocycles. The summed E-state index contributed by atoms with van der Waals surface area (Å²) in [5, 5.41) is 14.2. The van der Waals surface area contributed by atoms with Crippen LogP contribution in [0, 0.1) is 20.8 Å². The quantitative estimate of drug-likeness (QED) is 0.676. The van der Waals surface area contributed by atoms with Crippen molar-refractivity contribution in [3.8, 4) is 5.69 Å². The molecule has 7 nitrogen and oxygen atoms in total. The van der Waals surface area contributed by atoms with Gasteiger partial charge >= 0.3 is 0 Å². The van der Waals surface area contributed by atoms with Gasteiger partial charge in [0.2, 0.25) is 5.91 Å². The summed E-state index contributed by atoms with van der Waals surface area (Å²) in [6.07, 6.45) is 0. The third-order valence-electron chi connectivity index (χ3n) is 4.62. The Balaban J connectivity index is 1.65. The lowest BCUT2D eigenvalue weighted by molar-refractivity contribution is -0.122. The molecule has 3 rings (SSSR count). The lowest BCUT2D eigenvalue weighted by atomic mass is 10.1. The lowest BCUT2D eigenvalue weighted by Gasteiger charge is -2.13. The molecule has 0 saturated heterocycles. The van der Waals surface area contributed by atoms with Gasteiger partial charge in [0, 0.05) is 6.54 Å². The van der Waals surface area contributed by atoms with Crippen LogP contribution in [-0.4, -0.2) is 32.9 Å². The van der Waals surface area contributed by atoms with E-state index in [9.17, 15) is 9.59 Å². The third-order valence-corrected chi connectivity index (χ3v) is 4.62. The van der Waals surface area contributed by atoms with Gasteiger partial charge in [0.25, 0.3) is 5.91 Å². The Morgan fingerprint density at radius 1 is 1.03 bits per heavy atom. The second kappa shape index (κ2) is 8.68. The van der Waals surface area contributed by atoms with Gasteiger partial charge in [-0.3, -0.25) is 9.59 Å². The minimum Gasteiger partial charge on any atom is -0.350 e. The zero-order chi connectivity index (χ0) is 21.0. The molecule has 0 bridgehead atoms. The summed E-state index contributed by atoms with van der Waals surface area (Å²) in [6, 6.07) is 14.8. The lowest BCUT2D eigenvalue weighted by Crippen LogP contribution is -2.44. The Hall–Kier alpha value is -3.48. The number of hydrogen-bond donors (Lipinski definition) is 2. The molecule has 2 amide bonds. The van der Waals surface area contributed by atoms with Crippen molar-refractivity contribution in [3.63, 3.8) is 0 Å². The second-order valence-corrected chi connectivity index (χ2v) is 7.11. The average molecular weight is 391 g/mol. The monoisotopic (exact) mass is 391 g/mol. The van der Waals surface area contributed by atoms with Gasteiger partial charge in [-0.1, -0.05) is 48.0 Å². The minimum absolute atomic E-state index is 0.202. The summed E-state index contributed by atoms with van der Waals surface area (Å²) < 4.78 is 0. The number of carbonyl (C=O) groups is 2. The van der Waals surface area contributed by atoms with Crippen LogP contribution in [0.4, 0.5) is 0 Å². The Morgan fingerprint density at radius 2 is 1.76 bits per heavy atom.